The second kappa shape index (κ2) is 8.37. The lowest BCUT2D eigenvalue weighted by molar-refractivity contribution is -0.120. The molecule has 0 saturated heterocycles. The number of rotatable bonds is 8. The predicted octanol–water partition coefficient (Wildman–Crippen LogP) is 1.32. The molecular formula is C14H22N2O3. The van der Waals surface area contributed by atoms with Crippen LogP contribution in [0.2, 0.25) is 0 Å². The Kier molecular flexibility index (Phi) is 6.74. The van der Waals surface area contributed by atoms with E-state index in [1.165, 1.54) is 0 Å². The number of carbonyl (C=O) groups is 1. The highest BCUT2D eigenvalue weighted by Crippen LogP contribution is 2.27. The summed E-state index contributed by atoms with van der Waals surface area (Å²) in [7, 11) is 3.26. The van der Waals surface area contributed by atoms with Gasteiger partial charge in [-0.15, -0.1) is 0 Å². The number of benzene rings is 1. The Labute approximate surface area is 114 Å². The summed E-state index contributed by atoms with van der Waals surface area (Å²) in [6.07, 6.45) is 0.477. The van der Waals surface area contributed by atoms with E-state index in [1.54, 1.807) is 14.2 Å². The van der Waals surface area contributed by atoms with Gasteiger partial charge in [0.2, 0.25) is 5.91 Å². The van der Waals surface area contributed by atoms with Gasteiger partial charge in [-0.05, 0) is 24.6 Å². The molecule has 0 atom stereocenters. The number of ether oxygens (including phenoxy) is 2. The van der Waals surface area contributed by atoms with Crippen LogP contribution in [0.5, 0.6) is 11.5 Å². The minimum atomic E-state index is 0.0387. The second-order valence-electron chi connectivity index (χ2n) is 4.02. The SMILES string of the molecule is CCOc1ccc(CNCCC(=O)NC)cc1OC. The molecule has 0 aromatic heterocycles. The highest BCUT2D eigenvalue weighted by Gasteiger charge is 2.05. The molecule has 0 aliphatic heterocycles. The van der Waals surface area contributed by atoms with Gasteiger partial charge >= 0.3 is 0 Å². The number of carbonyl (C=O) groups excluding carboxylic acids is 1. The molecule has 5 nitrogen and oxygen atoms in total. The van der Waals surface area contributed by atoms with Crippen molar-refractivity contribution in [3.63, 3.8) is 0 Å². The van der Waals surface area contributed by atoms with Gasteiger partial charge in [0.15, 0.2) is 11.5 Å². The van der Waals surface area contributed by atoms with E-state index >= 15 is 0 Å². The van der Waals surface area contributed by atoms with Gasteiger partial charge in [-0.3, -0.25) is 4.79 Å². The van der Waals surface area contributed by atoms with Crippen LogP contribution in [-0.2, 0) is 11.3 Å². The van der Waals surface area contributed by atoms with E-state index in [0.717, 1.165) is 17.1 Å². The summed E-state index contributed by atoms with van der Waals surface area (Å²) in [5.41, 5.74) is 1.09. The topological polar surface area (TPSA) is 59.6 Å². The highest BCUT2D eigenvalue weighted by molar-refractivity contribution is 5.75. The van der Waals surface area contributed by atoms with E-state index in [4.69, 9.17) is 9.47 Å². The quantitative estimate of drug-likeness (QED) is 0.697. The zero-order valence-electron chi connectivity index (χ0n) is 11.8. The molecule has 2 N–H and O–H groups in total. The van der Waals surface area contributed by atoms with Crippen LogP contribution >= 0.6 is 0 Å². The van der Waals surface area contributed by atoms with Crippen LogP contribution < -0.4 is 20.1 Å². The summed E-state index contributed by atoms with van der Waals surface area (Å²) in [4.78, 5) is 11.1. The van der Waals surface area contributed by atoms with Gasteiger partial charge in [-0.2, -0.15) is 0 Å². The van der Waals surface area contributed by atoms with Gasteiger partial charge in [-0.25, -0.2) is 0 Å². The summed E-state index contributed by atoms with van der Waals surface area (Å²) in [5.74, 6) is 1.52. The molecule has 1 aromatic rings. The van der Waals surface area contributed by atoms with Crippen LogP contribution in [-0.4, -0.2) is 33.2 Å². The number of methoxy groups -OCH3 is 1. The Bertz CT molecular complexity index is 408. The molecule has 1 rings (SSSR count). The second-order valence-corrected chi connectivity index (χ2v) is 4.02. The van der Waals surface area contributed by atoms with E-state index in [9.17, 15) is 4.79 Å². The van der Waals surface area contributed by atoms with Gasteiger partial charge in [0.25, 0.3) is 0 Å². The number of amides is 1. The van der Waals surface area contributed by atoms with Gasteiger partial charge in [0, 0.05) is 26.6 Å². The van der Waals surface area contributed by atoms with Crippen molar-refractivity contribution in [3.05, 3.63) is 23.8 Å². The number of hydrogen-bond acceptors (Lipinski definition) is 4. The Morgan fingerprint density at radius 3 is 2.74 bits per heavy atom. The first-order valence-corrected chi connectivity index (χ1v) is 6.42. The Morgan fingerprint density at radius 1 is 1.32 bits per heavy atom. The monoisotopic (exact) mass is 266 g/mol. The summed E-state index contributed by atoms with van der Waals surface area (Å²) in [5, 5.41) is 5.80. The van der Waals surface area contributed by atoms with Crippen molar-refractivity contribution in [1.82, 2.24) is 10.6 Å². The fourth-order valence-corrected chi connectivity index (χ4v) is 1.66. The van der Waals surface area contributed by atoms with Crippen molar-refractivity contribution in [2.24, 2.45) is 0 Å². The van der Waals surface area contributed by atoms with Gasteiger partial charge in [0.1, 0.15) is 0 Å². The molecule has 0 unspecified atom stereocenters. The fourth-order valence-electron chi connectivity index (χ4n) is 1.66. The Hall–Kier alpha value is -1.75. The van der Waals surface area contributed by atoms with E-state index in [-0.39, 0.29) is 5.91 Å². The van der Waals surface area contributed by atoms with Crippen LogP contribution in [0, 0.1) is 0 Å². The molecule has 0 spiro atoms. The molecule has 0 radical (unpaired) electrons. The highest BCUT2D eigenvalue weighted by atomic mass is 16.5. The first kappa shape index (κ1) is 15.3. The van der Waals surface area contributed by atoms with Gasteiger partial charge < -0.3 is 20.1 Å². The molecule has 0 fully saturated rings. The fraction of sp³-hybridized carbons (Fsp3) is 0.500. The van der Waals surface area contributed by atoms with E-state index in [1.807, 2.05) is 25.1 Å². The molecule has 0 saturated carbocycles. The maximum atomic E-state index is 11.1. The molecule has 19 heavy (non-hydrogen) atoms. The third kappa shape index (κ3) is 5.18. The minimum absolute atomic E-state index is 0.0387. The number of nitrogens with one attached hydrogen (secondary N) is 2. The van der Waals surface area contributed by atoms with Crippen LogP contribution in [0.4, 0.5) is 0 Å². The average Bonchev–Trinajstić information content (AvgIpc) is 2.44. The molecular weight excluding hydrogens is 244 g/mol. The third-order valence-electron chi connectivity index (χ3n) is 2.66. The molecule has 106 valence electrons. The van der Waals surface area contributed by atoms with E-state index < -0.39 is 0 Å². The lowest BCUT2D eigenvalue weighted by Crippen LogP contribution is -2.24. The largest absolute Gasteiger partial charge is 0.493 e. The lowest BCUT2D eigenvalue weighted by atomic mass is 10.2. The molecule has 0 bridgehead atoms. The van der Waals surface area contributed by atoms with Crippen molar-refractivity contribution in [2.75, 3.05) is 27.3 Å². The van der Waals surface area contributed by atoms with E-state index in [2.05, 4.69) is 10.6 Å². The summed E-state index contributed by atoms with van der Waals surface area (Å²) < 4.78 is 10.7. The van der Waals surface area contributed by atoms with Crippen LogP contribution in [0.25, 0.3) is 0 Å². The van der Waals surface area contributed by atoms with Crippen molar-refractivity contribution < 1.29 is 14.3 Å². The molecule has 1 aromatic carbocycles. The van der Waals surface area contributed by atoms with E-state index in [0.29, 0.717) is 26.1 Å². The van der Waals surface area contributed by atoms with Gasteiger partial charge in [0.05, 0.1) is 13.7 Å². The van der Waals surface area contributed by atoms with Crippen molar-refractivity contribution in [3.8, 4) is 11.5 Å². The molecule has 1 amide bonds. The molecule has 0 aliphatic rings. The predicted molar refractivity (Wildman–Crippen MR) is 74.6 cm³/mol. The first-order valence-electron chi connectivity index (χ1n) is 6.42. The smallest absolute Gasteiger partial charge is 0.221 e. The lowest BCUT2D eigenvalue weighted by Gasteiger charge is -2.11. The van der Waals surface area contributed by atoms with Crippen molar-refractivity contribution in [2.45, 2.75) is 19.9 Å². The maximum Gasteiger partial charge on any atom is 0.221 e. The van der Waals surface area contributed by atoms with Gasteiger partial charge in [-0.1, -0.05) is 6.07 Å². The Morgan fingerprint density at radius 2 is 2.11 bits per heavy atom. The molecule has 0 heterocycles. The normalized spacial score (nSPS) is 10.1. The third-order valence-corrected chi connectivity index (χ3v) is 2.66. The molecule has 5 heteroatoms. The molecule has 0 aliphatic carbocycles. The summed E-state index contributed by atoms with van der Waals surface area (Å²) in [6, 6.07) is 5.83. The maximum absolute atomic E-state index is 11.1. The van der Waals surface area contributed by atoms with Crippen LogP contribution in [0.3, 0.4) is 0 Å². The van der Waals surface area contributed by atoms with Crippen LogP contribution in [0.15, 0.2) is 18.2 Å². The number of hydrogen-bond donors (Lipinski definition) is 2. The standard InChI is InChI=1S/C14H22N2O3/c1-4-19-12-6-5-11(9-13(12)18-3)10-16-8-7-14(17)15-2/h5-6,9,16H,4,7-8,10H2,1-3H3,(H,15,17). The van der Waals surface area contributed by atoms with Crippen molar-refractivity contribution in [1.29, 1.82) is 0 Å². The Balaban J connectivity index is 2.48. The summed E-state index contributed by atoms with van der Waals surface area (Å²) >= 11 is 0. The first-order chi connectivity index (χ1) is 9.21. The minimum Gasteiger partial charge on any atom is -0.493 e. The zero-order valence-corrected chi connectivity index (χ0v) is 11.8. The van der Waals surface area contributed by atoms with Crippen molar-refractivity contribution >= 4 is 5.91 Å². The zero-order chi connectivity index (χ0) is 14.1. The summed E-state index contributed by atoms with van der Waals surface area (Å²) in [6.45, 7) is 3.89. The average molecular weight is 266 g/mol. The van der Waals surface area contributed by atoms with Crippen LogP contribution in [0.1, 0.15) is 18.9 Å².